The number of nitrogens with one attached hydrogen (secondary N) is 1. The van der Waals surface area contributed by atoms with Crippen LogP contribution >= 0.6 is 25.3 Å². The lowest BCUT2D eigenvalue weighted by Gasteiger charge is -2.20. The summed E-state index contributed by atoms with van der Waals surface area (Å²) >= 11 is 8.39. The van der Waals surface area contributed by atoms with Crippen molar-refractivity contribution in [1.29, 1.82) is 0 Å². The van der Waals surface area contributed by atoms with Crippen LogP contribution in [0.5, 0.6) is 0 Å². The van der Waals surface area contributed by atoms with Gasteiger partial charge in [0.15, 0.2) is 0 Å². The van der Waals surface area contributed by atoms with E-state index >= 15 is 0 Å². The van der Waals surface area contributed by atoms with Gasteiger partial charge in [-0.1, -0.05) is 6.42 Å². The number of amides is 1. The number of benzene rings is 2. The number of halogens is 1. The second-order valence-corrected chi connectivity index (χ2v) is 12.4. The average molecular weight is 636 g/mol. The predicted molar refractivity (Wildman–Crippen MR) is 169 cm³/mol. The maximum atomic E-state index is 13.6. The van der Waals surface area contributed by atoms with Gasteiger partial charge in [-0.25, -0.2) is 22.6 Å². The summed E-state index contributed by atoms with van der Waals surface area (Å²) in [5, 5.41) is 12.7. The van der Waals surface area contributed by atoms with Crippen LogP contribution in [0.15, 0.2) is 59.5 Å². The molecule has 3 N–H and O–H groups in total. The van der Waals surface area contributed by atoms with Crippen molar-refractivity contribution < 1.29 is 22.4 Å². The summed E-state index contributed by atoms with van der Waals surface area (Å²) in [5.41, 5.74) is 2.70. The minimum Gasteiger partial charge on any atom is -0.354 e. The Hall–Kier alpha value is -2.71. The van der Waals surface area contributed by atoms with E-state index in [1.165, 1.54) is 24.3 Å². The Morgan fingerprint density at radius 2 is 1.67 bits per heavy atom. The van der Waals surface area contributed by atoms with Crippen LogP contribution in [0.4, 0.5) is 4.39 Å². The normalized spacial score (nSPS) is 11.6. The quantitative estimate of drug-likeness (QED) is 0.125. The number of rotatable bonds is 18. The van der Waals surface area contributed by atoms with Crippen LogP contribution in [0.2, 0.25) is 0 Å². The summed E-state index contributed by atoms with van der Waals surface area (Å²) in [6.07, 6.45) is 3.77. The van der Waals surface area contributed by atoms with Crippen molar-refractivity contribution in [1.82, 2.24) is 20.0 Å². The third kappa shape index (κ3) is 10.8. The molecule has 9 nitrogen and oxygen atoms in total. The van der Waals surface area contributed by atoms with E-state index in [4.69, 9.17) is 5.14 Å². The second kappa shape index (κ2) is 16.8. The molecule has 3 aromatic rings. The van der Waals surface area contributed by atoms with Crippen LogP contribution in [0.25, 0.3) is 16.9 Å². The van der Waals surface area contributed by atoms with E-state index in [0.29, 0.717) is 60.9 Å². The molecule has 2 aromatic carbocycles. The Morgan fingerprint density at radius 3 is 2.31 bits per heavy atom. The number of unbranched alkanes of at least 4 members (excludes halogenated alkanes) is 2. The Balaban J connectivity index is 1.56. The number of aromatic nitrogens is 2. The van der Waals surface area contributed by atoms with Gasteiger partial charge in [-0.3, -0.25) is 14.5 Å². The number of ketones is 1. The fourth-order valence-electron chi connectivity index (χ4n) is 4.44. The van der Waals surface area contributed by atoms with Gasteiger partial charge in [-0.15, -0.1) is 0 Å². The maximum absolute atomic E-state index is 13.6. The van der Waals surface area contributed by atoms with Gasteiger partial charge in [0.2, 0.25) is 15.9 Å². The Morgan fingerprint density at radius 1 is 0.952 bits per heavy atom. The van der Waals surface area contributed by atoms with Gasteiger partial charge in [0.25, 0.3) is 0 Å². The molecule has 42 heavy (non-hydrogen) atoms. The van der Waals surface area contributed by atoms with Gasteiger partial charge in [-0.05, 0) is 80.4 Å². The van der Waals surface area contributed by atoms with Gasteiger partial charge in [0.1, 0.15) is 11.6 Å². The van der Waals surface area contributed by atoms with Crippen LogP contribution in [-0.4, -0.2) is 72.5 Å². The fraction of sp³-hybridized carbons (Fsp3) is 0.414. The van der Waals surface area contributed by atoms with Gasteiger partial charge in [-0.2, -0.15) is 30.4 Å². The molecule has 0 bridgehead atoms. The number of carbonyl (C=O) groups excluding carboxylic acids is 2. The zero-order valence-corrected chi connectivity index (χ0v) is 26.0. The first-order valence-corrected chi connectivity index (χ1v) is 16.6. The molecule has 0 radical (unpaired) electrons. The van der Waals surface area contributed by atoms with Crippen LogP contribution in [0, 0.1) is 5.82 Å². The van der Waals surface area contributed by atoms with E-state index in [0.717, 1.165) is 37.9 Å². The number of aryl methyl sites for hydroxylation is 1. The number of carbonyl (C=O) groups is 2. The molecule has 0 aliphatic carbocycles. The largest absolute Gasteiger partial charge is 0.354 e. The number of thiol groups is 2. The monoisotopic (exact) mass is 635 g/mol. The molecule has 3 rings (SSSR count). The van der Waals surface area contributed by atoms with E-state index in [1.54, 1.807) is 28.9 Å². The predicted octanol–water partition coefficient (Wildman–Crippen LogP) is 3.67. The van der Waals surface area contributed by atoms with E-state index in [-0.39, 0.29) is 22.4 Å². The lowest BCUT2D eigenvalue weighted by molar-refractivity contribution is -0.122. The highest BCUT2D eigenvalue weighted by molar-refractivity contribution is 7.89. The molecule has 0 aliphatic rings. The number of nitrogens with two attached hydrogens (primary N) is 1. The van der Waals surface area contributed by atoms with E-state index in [1.807, 2.05) is 6.07 Å². The van der Waals surface area contributed by atoms with E-state index < -0.39 is 10.0 Å². The fourth-order valence-corrected chi connectivity index (χ4v) is 5.35. The lowest BCUT2D eigenvalue weighted by atomic mass is 10.1. The Bertz CT molecular complexity index is 1410. The number of hydrogen-bond acceptors (Lipinski definition) is 8. The molecule has 0 aliphatic heterocycles. The summed E-state index contributed by atoms with van der Waals surface area (Å²) in [6, 6.07) is 13.9. The lowest BCUT2D eigenvalue weighted by Crippen LogP contribution is -2.39. The minimum atomic E-state index is -3.84. The van der Waals surface area contributed by atoms with Crippen molar-refractivity contribution in [3.05, 3.63) is 66.1 Å². The van der Waals surface area contributed by atoms with Crippen molar-refractivity contribution in [2.45, 2.75) is 43.4 Å². The second-order valence-electron chi connectivity index (χ2n) is 9.90. The van der Waals surface area contributed by atoms with Crippen LogP contribution < -0.4 is 10.5 Å². The molecule has 0 saturated heterocycles. The van der Waals surface area contributed by atoms with E-state index in [2.05, 4.69) is 40.6 Å². The first-order chi connectivity index (χ1) is 20.1. The molecule has 0 spiro atoms. The van der Waals surface area contributed by atoms with Crippen LogP contribution in [-0.2, 0) is 26.0 Å². The highest BCUT2D eigenvalue weighted by Crippen LogP contribution is 2.26. The molecule has 0 saturated carbocycles. The molecular weight excluding hydrogens is 598 g/mol. The highest BCUT2D eigenvalue weighted by Gasteiger charge is 2.15. The Labute approximate surface area is 257 Å². The smallest absolute Gasteiger partial charge is 0.238 e. The summed E-state index contributed by atoms with van der Waals surface area (Å²) in [7, 11) is -3.84. The molecule has 0 unspecified atom stereocenters. The number of nitrogens with zero attached hydrogens (tertiary/aromatic N) is 3. The number of primary sulfonamides is 1. The van der Waals surface area contributed by atoms with Crippen molar-refractivity contribution >= 4 is 47.0 Å². The first-order valence-electron chi connectivity index (χ1n) is 13.8. The third-order valence-electron chi connectivity index (χ3n) is 6.62. The number of hydrogen-bond donors (Lipinski definition) is 4. The minimum absolute atomic E-state index is 0.0169. The molecule has 0 atom stereocenters. The Kier molecular flexibility index (Phi) is 13.5. The van der Waals surface area contributed by atoms with Crippen molar-refractivity contribution in [3.63, 3.8) is 0 Å². The summed E-state index contributed by atoms with van der Waals surface area (Å²) in [5.74, 6) is 1.02. The summed E-state index contributed by atoms with van der Waals surface area (Å²) in [6.45, 7) is 2.36. The van der Waals surface area contributed by atoms with Crippen LogP contribution in [0.3, 0.4) is 0 Å². The third-order valence-corrected chi connectivity index (χ3v) is 7.97. The molecule has 1 heterocycles. The summed E-state index contributed by atoms with van der Waals surface area (Å²) in [4.78, 5) is 26.7. The molecule has 13 heteroatoms. The first kappa shape index (κ1) is 33.8. The number of sulfonamides is 1. The van der Waals surface area contributed by atoms with Crippen LogP contribution in [0.1, 0.15) is 37.8 Å². The summed E-state index contributed by atoms with van der Waals surface area (Å²) < 4.78 is 38.5. The van der Waals surface area contributed by atoms with E-state index in [9.17, 15) is 22.4 Å². The number of Topliss-reactive ketones (excluding diaryl/α,β-unsaturated/α-hetero) is 1. The van der Waals surface area contributed by atoms with Gasteiger partial charge in [0.05, 0.1) is 28.5 Å². The zero-order valence-electron chi connectivity index (χ0n) is 23.4. The zero-order chi connectivity index (χ0) is 30.5. The highest BCUT2D eigenvalue weighted by atomic mass is 32.2. The molecule has 0 fully saturated rings. The van der Waals surface area contributed by atoms with Gasteiger partial charge >= 0.3 is 0 Å². The standard InChI is InChI=1S/C29H38FN5O4S3/c30-23-7-5-22(6-8-23)28-20-24(33-35(28)25-10-13-27(14-11-25)42(31,38)39)9-12-26(36)4-2-1-3-16-34(17-19-41)21-29(37)32-15-18-40/h5-8,10-11,13-14,20,40-41H,1-4,9,12,15-19,21H2,(H,32,37)(H2,31,38,39). The topological polar surface area (TPSA) is 127 Å². The molecule has 1 amide bonds. The average Bonchev–Trinajstić information content (AvgIpc) is 3.39. The van der Waals surface area contributed by atoms with Gasteiger partial charge < -0.3 is 5.32 Å². The SMILES string of the molecule is NS(=O)(=O)c1ccc(-n2nc(CCC(=O)CCCCCN(CCS)CC(=O)NCCS)cc2-c2ccc(F)cc2)cc1. The molecule has 1 aromatic heterocycles. The maximum Gasteiger partial charge on any atom is 0.238 e. The molecule has 228 valence electrons. The molecular formula is C29H38FN5O4S3. The van der Waals surface area contributed by atoms with Crippen molar-refractivity contribution in [2.24, 2.45) is 5.14 Å². The van der Waals surface area contributed by atoms with Crippen molar-refractivity contribution in [2.75, 3.05) is 37.7 Å². The van der Waals surface area contributed by atoms with Crippen molar-refractivity contribution in [3.8, 4) is 16.9 Å². The van der Waals surface area contributed by atoms with Gasteiger partial charge in [0, 0.05) is 43.0 Å².